The van der Waals surface area contributed by atoms with Crippen LogP contribution in [0.5, 0.6) is 0 Å². The van der Waals surface area contributed by atoms with Crippen LogP contribution in [-0.2, 0) is 0 Å². The highest BCUT2D eigenvalue weighted by Crippen LogP contribution is 2.43. The van der Waals surface area contributed by atoms with Gasteiger partial charge in [0.25, 0.3) is 0 Å². The largest absolute Gasteiger partial charge is 0.316 e. The first-order chi connectivity index (χ1) is 6.20. The smallest absolute Gasteiger partial charge is 0.00143 e. The number of allylic oxidation sites excluding steroid dienone is 1. The molecule has 1 aliphatic carbocycles. The predicted molar refractivity (Wildman–Crippen MR) is 56.7 cm³/mol. The first-order valence-electron chi connectivity index (χ1n) is 5.62. The molecule has 1 atom stereocenters. The van der Waals surface area contributed by atoms with Crippen LogP contribution in [0.4, 0.5) is 0 Å². The van der Waals surface area contributed by atoms with Crippen molar-refractivity contribution in [3.63, 3.8) is 0 Å². The quantitative estimate of drug-likeness (QED) is 0.610. The zero-order valence-corrected chi connectivity index (χ0v) is 8.90. The van der Waals surface area contributed by atoms with Gasteiger partial charge in [-0.2, -0.15) is 0 Å². The molecular weight excluding hydrogens is 158 g/mol. The third-order valence-corrected chi connectivity index (χ3v) is 3.70. The Kier molecular flexibility index (Phi) is 2.46. The molecule has 0 aromatic heterocycles. The molecule has 0 radical (unpaired) electrons. The lowest BCUT2D eigenvalue weighted by atomic mass is 9.68. The Hall–Kier alpha value is -0.300. The number of hydrogen-bond acceptors (Lipinski definition) is 1. The second-order valence-electron chi connectivity index (χ2n) is 5.08. The summed E-state index contributed by atoms with van der Waals surface area (Å²) in [5, 5.41) is 3.45. The van der Waals surface area contributed by atoms with Gasteiger partial charge in [-0.1, -0.05) is 31.9 Å². The number of nitrogens with one attached hydrogen (secondary N) is 1. The van der Waals surface area contributed by atoms with Gasteiger partial charge in [-0.15, -0.1) is 0 Å². The Morgan fingerprint density at radius 1 is 1.46 bits per heavy atom. The second-order valence-corrected chi connectivity index (χ2v) is 5.08. The van der Waals surface area contributed by atoms with Gasteiger partial charge in [0.2, 0.25) is 0 Å². The van der Waals surface area contributed by atoms with Crippen LogP contribution in [0.15, 0.2) is 11.6 Å². The Morgan fingerprint density at radius 2 is 2.23 bits per heavy atom. The van der Waals surface area contributed by atoms with E-state index in [4.69, 9.17) is 0 Å². The SMILES string of the molecule is CC1CNCC/C1=C\C1(C)CCC1. The van der Waals surface area contributed by atoms with Crippen LogP contribution in [0.1, 0.15) is 39.5 Å². The average Bonchev–Trinajstić information content (AvgIpc) is 2.06. The molecule has 0 amide bonds. The topological polar surface area (TPSA) is 12.0 Å². The van der Waals surface area contributed by atoms with Gasteiger partial charge in [0, 0.05) is 6.54 Å². The molecular formula is C12H21N. The normalized spacial score (nSPS) is 35.8. The molecule has 1 aliphatic heterocycles. The van der Waals surface area contributed by atoms with Crippen LogP contribution in [0.3, 0.4) is 0 Å². The van der Waals surface area contributed by atoms with E-state index in [1.807, 2.05) is 0 Å². The van der Waals surface area contributed by atoms with Crippen LogP contribution < -0.4 is 5.32 Å². The summed E-state index contributed by atoms with van der Waals surface area (Å²) < 4.78 is 0. The van der Waals surface area contributed by atoms with Crippen LogP contribution in [0.2, 0.25) is 0 Å². The maximum atomic E-state index is 3.45. The molecule has 0 bridgehead atoms. The summed E-state index contributed by atoms with van der Waals surface area (Å²) in [7, 11) is 0. The standard InChI is InChI=1S/C12H21N/c1-10-9-13-7-4-11(10)8-12(2)5-3-6-12/h8,10,13H,3-7,9H2,1-2H3/b11-8+. The van der Waals surface area contributed by atoms with Crippen molar-refractivity contribution in [3.8, 4) is 0 Å². The van der Waals surface area contributed by atoms with Crippen molar-refractivity contribution in [2.75, 3.05) is 13.1 Å². The lowest BCUT2D eigenvalue weighted by Gasteiger charge is -2.38. The molecule has 1 heteroatoms. The van der Waals surface area contributed by atoms with Gasteiger partial charge in [0.05, 0.1) is 0 Å². The summed E-state index contributed by atoms with van der Waals surface area (Å²) in [6.07, 6.45) is 8.12. The van der Waals surface area contributed by atoms with Crippen molar-refractivity contribution in [2.24, 2.45) is 11.3 Å². The molecule has 0 aromatic rings. The highest BCUT2D eigenvalue weighted by atomic mass is 14.9. The number of piperidine rings is 1. The monoisotopic (exact) mass is 179 g/mol. The molecule has 1 saturated heterocycles. The van der Waals surface area contributed by atoms with E-state index in [1.54, 1.807) is 5.57 Å². The van der Waals surface area contributed by atoms with Crippen molar-refractivity contribution in [3.05, 3.63) is 11.6 Å². The molecule has 74 valence electrons. The molecule has 2 rings (SSSR count). The van der Waals surface area contributed by atoms with E-state index in [2.05, 4.69) is 25.2 Å². The Morgan fingerprint density at radius 3 is 2.77 bits per heavy atom. The fourth-order valence-corrected chi connectivity index (χ4v) is 2.47. The van der Waals surface area contributed by atoms with E-state index in [9.17, 15) is 0 Å². The number of rotatable bonds is 1. The zero-order chi connectivity index (χ0) is 9.31. The summed E-state index contributed by atoms with van der Waals surface area (Å²) in [5.41, 5.74) is 2.28. The van der Waals surface area contributed by atoms with Crippen LogP contribution in [-0.4, -0.2) is 13.1 Å². The molecule has 1 saturated carbocycles. The fraction of sp³-hybridized carbons (Fsp3) is 0.833. The van der Waals surface area contributed by atoms with E-state index in [-0.39, 0.29) is 0 Å². The van der Waals surface area contributed by atoms with Gasteiger partial charge < -0.3 is 5.32 Å². The zero-order valence-electron chi connectivity index (χ0n) is 8.90. The summed E-state index contributed by atoms with van der Waals surface area (Å²) in [4.78, 5) is 0. The first-order valence-corrected chi connectivity index (χ1v) is 5.62. The molecule has 1 nitrogen and oxygen atoms in total. The minimum absolute atomic E-state index is 0.570. The predicted octanol–water partition coefficient (Wildman–Crippen LogP) is 2.73. The molecule has 2 fully saturated rings. The molecule has 1 heterocycles. The highest BCUT2D eigenvalue weighted by molar-refractivity contribution is 5.16. The van der Waals surface area contributed by atoms with Crippen molar-refractivity contribution in [1.82, 2.24) is 5.32 Å². The van der Waals surface area contributed by atoms with Crippen LogP contribution in [0.25, 0.3) is 0 Å². The fourth-order valence-electron chi connectivity index (χ4n) is 2.47. The van der Waals surface area contributed by atoms with Gasteiger partial charge in [-0.3, -0.25) is 0 Å². The first kappa shape index (κ1) is 9.26. The molecule has 0 spiro atoms. The summed E-state index contributed by atoms with van der Waals surface area (Å²) in [6.45, 7) is 7.13. The third kappa shape index (κ3) is 1.96. The maximum Gasteiger partial charge on any atom is 0.00143 e. The van der Waals surface area contributed by atoms with Gasteiger partial charge in [-0.05, 0) is 37.1 Å². The second kappa shape index (κ2) is 3.45. The summed E-state index contributed by atoms with van der Waals surface area (Å²) >= 11 is 0. The molecule has 1 N–H and O–H groups in total. The number of hydrogen-bond donors (Lipinski definition) is 1. The maximum absolute atomic E-state index is 3.45. The minimum Gasteiger partial charge on any atom is -0.316 e. The van der Waals surface area contributed by atoms with Crippen molar-refractivity contribution in [2.45, 2.75) is 39.5 Å². The summed E-state index contributed by atoms with van der Waals surface area (Å²) in [6, 6.07) is 0. The lowest BCUT2D eigenvalue weighted by Crippen LogP contribution is -2.32. The Labute approximate surface area is 81.6 Å². The van der Waals surface area contributed by atoms with Crippen molar-refractivity contribution < 1.29 is 0 Å². The van der Waals surface area contributed by atoms with Gasteiger partial charge in [0.15, 0.2) is 0 Å². The summed E-state index contributed by atoms with van der Waals surface area (Å²) in [5.74, 6) is 0.770. The van der Waals surface area contributed by atoms with E-state index in [0.29, 0.717) is 5.41 Å². The molecule has 0 aromatic carbocycles. The van der Waals surface area contributed by atoms with Crippen LogP contribution in [0, 0.1) is 11.3 Å². The Balaban J connectivity index is 2.04. The molecule has 2 aliphatic rings. The highest BCUT2D eigenvalue weighted by Gasteiger charge is 2.30. The van der Waals surface area contributed by atoms with E-state index < -0.39 is 0 Å². The minimum atomic E-state index is 0.570. The molecule has 13 heavy (non-hydrogen) atoms. The van der Waals surface area contributed by atoms with E-state index >= 15 is 0 Å². The van der Waals surface area contributed by atoms with E-state index in [1.165, 1.54) is 38.8 Å². The Bertz CT molecular complexity index is 213. The van der Waals surface area contributed by atoms with Crippen molar-refractivity contribution in [1.29, 1.82) is 0 Å². The van der Waals surface area contributed by atoms with Gasteiger partial charge in [-0.25, -0.2) is 0 Å². The third-order valence-electron chi connectivity index (χ3n) is 3.70. The lowest BCUT2D eigenvalue weighted by molar-refractivity contribution is 0.229. The van der Waals surface area contributed by atoms with Gasteiger partial charge in [0.1, 0.15) is 0 Å². The van der Waals surface area contributed by atoms with Gasteiger partial charge >= 0.3 is 0 Å². The van der Waals surface area contributed by atoms with Crippen molar-refractivity contribution >= 4 is 0 Å². The van der Waals surface area contributed by atoms with Crippen LogP contribution >= 0.6 is 0 Å². The molecule has 1 unspecified atom stereocenters. The van der Waals surface area contributed by atoms with E-state index in [0.717, 1.165) is 5.92 Å². The average molecular weight is 179 g/mol.